The molecular weight excluding hydrogens is 162 g/mol. The van der Waals surface area contributed by atoms with E-state index in [1.807, 2.05) is 0 Å². The highest BCUT2D eigenvalue weighted by molar-refractivity contribution is 4.57. The first kappa shape index (κ1) is 12.9. The van der Waals surface area contributed by atoms with Gasteiger partial charge in [-0.25, -0.2) is 0 Å². The molecule has 0 radical (unpaired) electrons. The van der Waals surface area contributed by atoms with Gasteiger partial charge in [0.15, 0.2) is 0 Å². The molecule has 0 unspecified atom stereocenters. The molecule has 0 saturated carbocycles. The zero-order chi connectivity index (χ0) is 9.94. The first-order valence-corrected chi connectivity index (χ1v) is 5.63. The van der Waals surface area contributed by atoms with Crippen LogP contribution in [0.2, 0.25) is 0 Å². The van der Waals surface area contributed by atoms with Gasteiger partial charge in [0.1, 0.15) is 0 Å². The van der Waals surface area contributed by atoms with Crippen LogP contribution in [-0.4, -0.2) is 26.3 Å². The minimum atomic E-state index is 0.839. The van der Waals surface area contributed by atoms with E-state index >= 15 is 0 Å². The summed E-state index contributed by atoms with van der Waals surface area (Å²) < 4.78 is 5.37. The molecule has 0 saturated heterocycles. The van der Waals surface area contributed by atoms with E-state index in [9.17, 15) is 0 Å². The van der Waals surface area contributed by atoms with Crippen LogP contribution in [0.15, 0.2) is 0 Å². The molecule has 0 spiro atoms. The highest BCUT2D eigenvalue weighted by Gasteiger charge is 2.00. The van der Waals surface area contributed by atoms with Crippen LogP contribution in [-0.2, 0) is 4.74 Å². The van der Waals surface area contributed by atoms with E-state index < -0.39 is 0 Å². The number of nitrogens with one attached hydrogen (secondary N) is 1. The highest BCUT2D eigenvalue weighted by atomic mass is 16.5. The van der Waals surface area contributed by atoms with Crippen molar-refractivity contribution in [2.45, 2.75) is 40.0 Å². The van der Waals surface area contributed by atoms with Crippen molar-refractivity contribution < 1.29 is 4.74 Å². The largest absolute Gasteiger partial charge is 0.380 e. The lowest BCUT2D eigenvalue weighted by atomic mass is 10.0. The Morgan fingerprint density at radius 2 is 1.77 bits per heavy atom. The van der Waals surface area contributed by atoms with Crippen molar-refractivity contribution in [3.05, 3.63) is 0 Å². The number of ether oxygens (including phenoxy) is 1. The quantitative estimate of drug-likeness (QED) is 0.560. The average Bonchev–Trinajstić information content (AvgIpc) is 2.17. The molecule has 80 valence electrons. The van der Waals surface area contributed by atoms with Crippen molar-refractivity contribution in [2.75, 3.05) is 26.3 Å². The molecule has 0 aliphatic rings. The Balaban J connectivity index is 3.05. The fourth-order valence-corrected chi connectivity index (χ4v) is 1.27. The molecule has 0 rings (SSSR count). The second-order valence-corrected chi connectivity index (χ2v) is 3.50. The van der Waals surface area contributed by atoms with Crippen LogP contribution in [0.3, 0.4) is 0 Å². The van der Waals surface area contributed by atoms with Crippen molar-refractivity contribution >= 4 is 0 Å². The minimum absolute atomic E-state index is 0.839. The van der Waals surface area contributed by atoms with Gasteiger partial charge in [0.25, 0.3) is 0 Å². The zero-order valence-corrected chi connectivity index (χ0v) is 9.44. The van der Waals surface area contributed by atoms with Crippen molar-refractivity contribution in [1.29, 1.82) is 0 Å². The lowest BCUT2D eigenvalue weighted by Crippen LogP contribution is -2.25. The molecule has 13 heavy (non-hydrogen) atoms. The summed E-state index contributed by atoms with van der Waals surface area (Å²) in [5, 5.41) is 3.42. The van der Waals surface area contributed by atoms with Gasteiger partial charge < -0.3 is 10.1 Å². The van der Waals surface area contributed by atoms with Gasteiger partial charge in [-0.15, -0.1) is 0 Å². The third-order valence-electron chi connectivity index (χ3n) is 2.36. The SMILES string of the molecule is CCCOCCNCC(CC)CC. The molecule has 0 bridgehead atoms. The van der Waals surface area contributed by atoms with Gasteiger partial charge in [-0.2, -0.15) is 0 Å². The fourth-order valence-electron chi connectivity index (χ4n) is 1.27. The third kappa shape index (κ3) is 8.26. The number of hydrogen-bond donors (Lipinski definition) is 1. The molecule has 0 amide bonds. The lowest BCUT2D eigenvalue weighted by molar-refractivity contribution is 0.135. The zero-order valence-electron chi connectivity index (χ0n) is 9.44. The van der Waals surface area contributed by atoms with E-state index in [4.69, 9.17) is 4.74 Å². The second-order valence-electron chi connectivity index (χ2n) is 3.50. The number of hydrogen-bond acceptors (Lipinski definition) is 2. The van der Waals surface area contributed by atoms with Crippen LogP contribution in [0.5, 0.6) is 0 Å². The van der Waals surface area contributed by atoms with Crippen LogP contribution in [0.1, 0.15) is 40.0 Å². The van der Waals surface area contributed by atoms with Gasteiger partial charge in [0.2, 0.25) is 0 Å². The second kappa shape index (κ2) is 10.0. The molecule has 0 fully saturated rings. The molecule has 0 heterocycles. The van der Waals surface area contributed by atoms with E-state index in [1.54, 1.807) is 0 Å². The maximum Gasteiger partial charge on any atom is 0.0590 e. The Labute approximate surface area is 83.1 Å². The standard InChI is InChI=1S/C11H25NO/c1-4-8-13-9-7-12-10-11(5-2)6-3/h11-12H,4-10H2,1-3H3. The van der Waals surface area contributed by atoms with Crippen molar-refractivity contribution in [2.24, 2.45) is 5.92 Å². The predicted molar refractivity (Wildman–Crippen MR) is 58.1 cm³/mol. The molecule has 0 aliphatic carbocycles. The highest BCUT2D eigenvalue weighted by Crippen LogP contribution is 2.04. The fraction of sp³-hybridized carbons (Fsp3) is 1.00. The van der Waals surface area contributed by atoms with Gasteiger partial charge in [-0.05, 0) is 18.9 Å². The van der Waals surface area contributed by atoms with Crippen LogP contribution in [0.25, 0.3) is 0 Å². The molecule has 0 aliphatic heterocycles. The molecule has 0 aromatic carbocycles. The van der Waals surface area contributed by atoms with Gasteiger partial charge in [0.05, 0.1) is 6.61 Å². The third-order valence-corrected chi connectivity index (χ3v) is 2.36. The van der Waals surface area contributed by atoms with E-state index in [0.717, 1.165) is 38.6 Å². The first-order valence-electron chi connectivity index (χ1n) is 5.63. The Morgan fingerprint density at radius 3 is 2.31 bits per heavy atom. The summed E-state index contributed by atoms with van der Waals surface area (Å²) >= 11 is 0. The summed E-state index contributed by atoms with van der Waals surface area (Å²) in [7, 11) is 0. The van der Waals surface area contributed by atoms with E-state index in [2.05, 4.69) is 26.1 Å². The first-order chi connectivity index (χ1) is 6.35. The predicted octanol–water partition coefficient (Wildman–Crippen LogP) is 2.44. The van der Waals surface area contributed by atoms with Crippen molar-refractivity contribution in [3.8, 4) is 0 Å². The van der Waals surface area contributed by atoms with Gasteiger partial charge in [-0.3, -0.25) is 0 Å². The van der Waals surface area contributed by atoms with Gasteiger partial charge >= 0.3 is 0 Å². The molecule has 1 N–H and O–H groups in total. The Bertz CT molecular complexity index is 92.1. The Hall–Kier alpha value is -0.0800. The van der Waals surface area contributed by atoms with E-state index in [0.29, 0.717) is 0 Å². The van der Waals surface area contributed by atoms with Crippen LogP contribution in [0, 0.1) is 5.92 Å². The van der Waals surface area contributed by atoms with Gasteiger partial charge in [0, 0.05) is 13.2 Å². The van der Waals surface area contributed by atoms with Crippen molar-refractivity contribution in [3.63, 3.8) is 0 Å². The smallest absolute Gasteiger partial charge is 0.0590 e. The molecular formula is C11H25NO. The van der Waals surface area contributed by atoms with Crippen LogP contribution < -0.4 is 5.32 Å². The summed E-state index contributed by atoms with van der Waals surface area (Å²) in [5.74, 6) is 0.839. The summed E-state index contributed by atoms with van der Waals surface area (Å²) in [4.78, 5) is 0. The molecule has 2 heteroatoms. The topological polar surface area (TPSA) is 21.3 Å². The molecule has 0 atom stereocenters. The van der Waals surface area contributed by atoms with Gasteiger partial charge in [-0.1, -0.05) is 33.6 Å². The van der Waals surface area contributed by atoms with Crippen LogP contribution in [0.4, 0.5) is 0 Å². The minimum Gasteiger partial charge on any atom is -0.380 e. The molecule has 2 nitrogen and oxygen atoms in total. The lowest BCUT2D eigenvalue weighted by Gasteiger charge is -2.12. The van der Waals surface area contributed by atoms with E-state index in [1.165, 1.54) is 12.8 Å². The maximum atomic E-state index is 5.37. The average molecular weight is 187 g/mol. The Kier molecular flexibility index (Phi) is 9.94. The maximum absolute atomic E-state index is 5.37. The van der Waals surface area contributed by atoms with E-state index in [-0.39, 0.29) is 0 Å². The summed E-state index contributed by atoms with van der Waals surface area (Å²) in [6.45, 7) is 10.5. The van der Waals surface area contributed by atoms with Crippen LogP contribution >= 0.6 is 0 Å². The Morgan fingerprint density at radius 1 is 1.08 bits per heavy atom. The molecule has 0 aromatic rings. The molecule has 0 aromatic heterocycles. The van der Waals surface area contributed by atoms with Crippen molar-refractivity contribution in [1.82, 2.24) is 5.32 Å². The monoisotopic (exact) mass is 187 g/mol. The summed E-state index contributed by atoms with van der Waals surface area (Å²) in [5.41, 5.74) is 0. The normalized spacial score (nSPS) is 11.1. The number of rotatable bonds is 9. The summed E-state index contributed by atoms with van der Waals surface area (Å²) in [6, 6.07) is 0. The summed E-state index contributed by atoms with van der Waals surface area (Å²) in [6.07, 6.45) is 3.67.